The Hall–Kier alpha value is -3.17. The van der Waals surface area contributed by atoms with Crippen molar-refractivity contribution in [1.29, 1.82) is 0 Å². The van der Waals surface area contributed by atoms with Crippen LogP contribution in [0.2, 0.25) is 0 Å². The topological polar surface area (TPSA) is 96.3 Å². The summed E-state index contributed by atoms with van der Waals surface area (Å²) in [4.78, 5) is 12.5. The second-order valence-corrected chi connectivity index (χ2v) is 7.23. The first kappa shape index (κ1) is 22.5. The first-order chi connectivity index (χ1) is 14.5. The number of aromatic hydroxyl groups is 1. The first-order valence-corrected chi connectivity index (χ1v) is 9.76. The Balaban J connectivity index is 0.00000272. The van der Waals surface area contributed by atoms with E-state index in [0.29, 0.717) is 5.82 Å². The van der Waals surface area contributed by atoms with E-state index in [2.05, 4.69) is 37.0 Å². The summed E-state index contributed by atoms with van der Waals surface area (Å²) in [6.07, 6.45) is 7.59. The van der Waals surface area contributed by atoms with E-state index in [4.69, 9.17) is 5.73 Å². The number of nitrogens with zero attached hydrogens (tertiary/aromatic N) is 6. The lowest BCUT2D eigenvalue weighted by molar-refractivity contribution is 0.284. The molecular formula is C21H25ClFN7O. The minimum Gasteiger partial charge on any atom is -0.508 e. The van der Waals surface area contributed by atoms with Crippen LogP contribution < -0.4 is 10.6 Å². The number of halogens is 2. The van der Waals surface area contributed by atoms with Gasteiger partial charge in [0.1, 0.15) is 11.6 Å². The maximum absolute atomic E-state index is 13.5. The van der Waals surface area contributed by atoms with Gasteiger partial charge in [0.05, 0.1) is 11.9 Å². The fourth-order valence-corrected chi connectivity index (χ4v) is 3.56. The summed E-state index contributed by atoms with van der Waals surface area (Å²) in [5, 5.41) is 14.0. The summed E-state index contributed by atoms with van der Waals surface area (Å²) in [6.45, 7) is 6.08. The van der Waals surface area contributed by atoms with Crippen LogP contribution in [0.4, 0.5) is 16.0 Å². The Labute approximate surface area is 186 Å². The monoisotopic (exact) mass is 445 g/mol. The van der Waals surface area contributed by atoms with Crippen LogP contribution in [0.15, 0.2) is 42.7 Å². The van der Waals surface area contributed by atoms with Crippen LogP contribution in [0, 0.1) is 12.7 Å². The highest BCUT2D eigenvalue weighted by Crippen LogP contribution is 2.23. The van der Waals surface area contributed by atoms with E-state index >= 15 is 0 Å². The SMILES string of the molecule is Cc1c(/C=C/CN2CCN(c3cc(O)cc(F)c3)CC2)cnn1-c1ccnc(N)n1.Cl. The molecule has 3 N–H and O–H groups in total. The molecule has 8 nitrogen and oxygen atoms in total. The summed E-state index contributed by atoms with van der Waals surface area (Å²) >= 11 is 0. The molecule has 0 radical (unpaired) electrons. The number of hydrogen-bond acceptors (Lipinski definition) is 7. The van der Waals surface area contributed by atoms with Crippen molar-refractivity contribution in [2.24, 2.45) is 0 Å². The smallest absolute Gasteiger partial charge is 0.221 e. The van der Waals surface area contributed by atoms with Crippen molar-refractivity contribution < 1.29 is 9.50 Å². The Morgan fingerprint density at radius 2 is 1.97 bits per heavy atom. The highest BCUT2D eigenvalue weighted by atomic mass is 35.5. The molecule has 164 valence electrons. The number of phenols is 1. The minimum atomic E-state index is -0.420. The fourth-order valence-electron chi connectivity index (χ4n) is 3.56. The molecule has 1 saturated heterocycles. The van der Waals surface area contributed by atoms with Crippen LogP contribution in [0.3, 0.4) is 0 Å². The number of nitrogen functional groups attached to an aromatic ring is 1. The number of anilines is 2. The van der Waals surface area contributed by atoms with E-state index in [1.54, 1.807) is 29.2 Å². The second kappa shape index (κ2) is 9.76. The van der Waals surface area contributed by atoms with Gasteiger partial charge in [-0.15, -0.1) is 12.4 Å². The van der Waals surface area contributed by atoms with Gasteiger partial charge in [-0.1, -0.05) is 12.2 Å². The molecule has 2 aromatic heterocycles. The van der Waals surface area contributed by atoms with Gasteiger partial charge in [-0.2, -0.15) is 10.1 Å². The first-order valence-electron chi connectivity index (χ1n) is 9.76. The molecule has 1 fully saturated rings. The van der Waals surface area contributed by atoms with E-state index in [1.165, 1.54) is 6.07 Å². The third-order valence-corrected chi connectivity index (χ3v) is 5.19. The number of hydrogen-bond donors (Lipinski definition) is 2. The molecule has 0 spiro atoms. The molecule has 10 heteroatoms. The van der Waals surface area contributed by atoms with Crippen molar-refractivity contribution in [1.82, 2.24) is 24.6 Å². The number of piperazine rings is 1. The van der Waals surface area contributed by atoms with Crippen molar-refractivity contribution in [3.05, 3.63) is 59.8 Å². The van der Waals surface area contributed by atoms with Gasteiger partial charge >= 0.3 is 0 Å². The molecule has 0 unspecified atom stereocenters. The number of rotatable bonds is 5. The standard InChI is InChI=1S/C21H24FN7O.ClH/c1-15-16(14-25-29(15)20-4-5-24-21(23)26-20)3-2-6-27-7-9-28(10-8-27)18-11-17(22)12-19(30)13-18;/h2-5,11-14,30H,6-10H2,1H3,(H2,23,24,26);1H/b3-2+;. The van der Waals surface area contributed by atoms with Gasteiger partial charge in [0.2, 0.25) is 5.95 Å². The zero-order chi connectivity index (χ0) is 21.1. The van der Waals surface area contributed by atoms with Gasteiger partial charge in [0.15, 0.2) is 5.82 Å². The van der Waals surface area contributed by atoms with E-state index in [1.807, 2.05) is 6.92 Å². The summed E-state index contributed by atoms with van der Waals surface area (Å²) in [7, 11) is 0. The molecule has 0 amide bonds. The molecule has 1 aliphatic heterocycles. The van der Waals surface area contributed by atoms with Crippen LogP contribution in [-0.2, 0) is 0 Å². The van der Waals surface area contributed by atoms with Crippen molar-refractivity contribution >= 4 is 30.1 Å². The van der Waals surface area contributed by atoms with Crippen LogP contribution in [0.1, 0.15) is 11.3 Å². The van der Waals surface area contributed by atoms with E-state index < -0.39 is 5.82 Å². The summed E-state index contributed by atoms with van der Waals surface area (Å²) in [6, 6.07) is 5.95. The van der Waals surface area contributed by atoms with Gasteiger partial charge in [-0.05, 0) is 13.0 Å². The molecule has 1 aliphatic rings. The number of nitrogens with two attached hydrogens (primary N) is 1. The van der Waals surface area contributed by atoms with Crippen LogP contribution in [0.25, 0.3) is 11.9 Å². The maximum Gasteiger partial charge on any atom is 0.221 e. The normalized spacial score (nSPS) is 14.7. The molecule has 31 heavy (non-hydrogen) atoms. The molecule has 3 heterocycles. The van der Waals surface area contributed by atoms with Gasteiger partial charge in [0, 0.05) is 68.4 Å². The van der Waals surface area contributed by atoms with Crippen molar-refractivity contribution in [3.8, 4) is 11.6 Å². The molecule has 4 rings (SSSR count). The van der Waals surface area contributed by atoms with Crippen molar-refractivity contribution in [2.45, 2.75) is 6.92 Å². The fraction of sp³-hybridized carbons (Fsp3) is 0.286. The van der Waals surface area contributed by atoms with Crippen molar-refractivity contribution in [3.63, 3.8) is 0 Å². The lowest BCUT2D eigenvalue weighted by Gasteiger charge is -2.35. The van der Waals surface area contributed by atoms with Crippen LogP contribution >= 0.6 is 12.4 Å². The predicted octanol–water partition coefficient (Wildman–Crippen LogP) is 2.65. The zero-order valence-electron chi connectivity index (χ0n) is 17.1. The highest BCUT2D eigenvalue weighted by molar-refractivity contribution is 5.85. The molecule has 0 saturated carbocycles. The summed E-state index contributed by atoms with van der Waals surface area (Å²) < 4.78 is 15.3. The van der Waals surface area contributed by atoms with Gasteiger partial charge in [0.25, 0.3) is 0 Å². The molecule has 1 aromatic carbocycles. The molecule has 0 atom stereocenters. The maximum atomic E-state index is 13.5. The number of benzene rings is 1. The van der Waals surface area contributed by atoms with Crippen LogP contribution in [0.5, 0.6) is 5.75 Å². The third kappa shape index (κ3) is 5.31. The molecule has 0 aliphatic carbocycles. The Kier molecular flexibility index (Phi) is 7.09. The molecular weight excluding hydrogens is 421 g/mol. The van der Waals surface area contributed by atoms with E-state index in [0.717, 1.165) is 55.7 Å². The number of aromatic nitrogens is 4. The van der Waals surface area contributed by atoms with Crippen molar-refractivity contribution in [2.75, 3.05) is 43.4 Å². The average molecular weight is 446 g/mol. The van der Waals surface area contributed by atoms with Crippen LogP contribution in [-0.4, -0.2) is 62.5 Å². The quantitative estimate of drug-likeness (QED) is 0.623. The largest absolute Gasteiger partial charge is 0.508 e. The Bertz CT molecular complexity index is 1040. The molecule has 3 aromatic rings. The summed E-state index contributed by atoms with van der Waals surface area (Å²) in [5.74, 6) is 0.387. The van der Waals surface area contributed by atoms with E-state index in [-0.39, 0.29) is 24.1 Å². The van der Waals surface area contributed by atoms with Gasteiger partial charge < -0.3 is 15.7 Å². The number of phenolic OH excluding ortho intramolecular Hbond substituents is 1. The summed E-state index contributed by atoms with van der Waals surface area (Å²) in [5.41, 5.74) is 8.37. The van der Waals surface area contributed by atoms with Gasteiger partial charge in [-0.25, -0.2) is 14.1 Å². The highest BCUT2D eigenvalue weighted by Gasteiger charge is 2.17. The Morgan fingerprint density at radius 1 is 1.19 bits per heavy atom. The minimum absolute atomic E-state index is 0. The molecule has 0 bridgehead atoms. The van der Waals surface area contributed by atoms with E-state index in [9.17, 15) is 9.50 Å². The Morgan fingerprint density at radius 3 is 2.68 bits per heavy atom. The predicted molar refractivity (Wildman–Crippen MR) is 121 cm³/mol. The third-order valence-electron chi connectivity index (χ3n) is 5.19. The lowest BCUT2D eigenvalue weighted by Crippen LogP contribution is -2.46. The van der Waals surface area contributed by atoms with Gasteiger partial charge in [-0.3, -0.25) is 4.90 Å². The lowest BCUT2D eigenvalue weighted by atomic mass is 10.2. The zero-order valence-corrected chi connectivity index (χ0v) is 18.0. The second-order valence-electron chi connectivity index (χ2n) is 7.23. The average Bonchev–Trinajstić information content (AvgIpc) is 3.08.